The summed E-state index contributed by atoms with van der Waals surface area (Å²) in [6.45, 7) is 1.94. The minimum Gasteiger partial charge on any atom is -0.404 e. The molecular formula is C22H31N5O2S. The lowest BCUT2D eigenvalue weighted by atomic mass is 10.1. The largest absolute Gasteiger partial charge is 0.404 e. The minimum atomic E-state index is -3.71. The van der Waals surface area contributed by atoms with Crippen molar-refractivity contribution in [2.45, 2.75) is 32.2 Å². The lowest BCUT2D eigenvalue weighted by Gasteiger charge is -1.99. The zero-order valence-electron chi connectivity index (χ0n) is 17.2. The van der Waals surface area contributed by atoms with Gasteiger partial charge in [-0.05, 0) is 44.4 Å². The number of primary sulfonamides is 1. The number of hydrogen-bond donors (Lipinski definition) is 4. The number of hydrogen-bond acceptors (Lipinski definition) is 6. The van der Waals surface area contributed by atoms with Gasteiger partial charge >= 0.3 is 0 Å². The third kappa shape index (κ3) is 10.6. The predicted octanol–water partition coefficient (Wildman–Crippen LogP) is 3.04. The first-order valence-electron chi connectivity index (χ1n) is 9.52. The molecule has 30 heavy (non-hydrogen) atoms. The molecule has 0 unspecified atom stereocenters. The summed E-state index contributed by atoms with van der Waals surface area (Å²) in [6, 6.07) is 14.0. The van der Waals surface area contributed by atoms with Crippen molar-refractivity contribution in [2.24, 2.45) is 16.6 Å². The lowest BCUT2D eigenvalue weighted by molar-refractivity contribution is 0.604. The molecule has 0 saturated carbocycles. The fourth-order valence-corrected chi connectivity index (χ4v) is 2.73. The Labute approximate surface area is 179 Å². The van der Waals surface area contributed by atoms with Gasteiger partial charge in [0.05, 0.1) is 22.5 Å². The fraction of sp³-hybridized carbons (Fsp3) is 0.227. The van der Waals surface area contributed by atoms with Gasteiger partial charge in [0.2, 0.25) is 10.0 Å². The van der Waals surface area contributed by atoms with Crippen LogP contribution in [0.1, 0.15) is 26.2 Å². The molecule has 0 spiro atoms. The van der Waals surface area contributed by atoms with Gasteiger partial charge < -0.3 is 17.2 Å². The van der Waals surface area contributed by atoms with Crippen LogP contribution in [0.2, 0.25) is 0 Å². The third-order valence-corrected chi connectivity index (χ3v) is 4.73. The number of aromatic nitrogens is 1. The van der Waals surface area contributed by atoms with Crippen LogP contribution < -0.4 is 22.3 Å². The molecule has 1 heterocycles. The molecule has 0 bridgehead atoms. The van der Waals surface area contributed by atoms with E-state index in [1.165, 1.54) is 6.08 Å². The number of pyridine rings is 1. The van der Waals surface area contributed by atoms with Crippen molar-refractivity contribution in [3.8, 4) is 11.3 Å². The van der Waals surface area contributed by atoms with Gasteiger partial charge in [0.25, 0.3) is 0 Å². The van der Waals surface area contributed by atoms with Crippen molar-refractivity contribution in [3.63, 3.8) is 0 Å². The van der Waals surface area contributed by atoms with E-state index >= 15 is 0 Å². The Morgan fingerprint density at radius 2 is 1.73 bits per heavy atom. The molecule has 1 aromatic heterocycles. The molecule has 0 fully saturated rings. The molecule has 0 aliphatic rings. The van der Waals surface area contributed by atoms with Gasteiger partial charge in [0.15, 0.2) is 0 Å². The van der Waals surface area contributed by atoms with Crippen LogP contribution in [-0.4, -0.2) is 19.4 Å². The second kappa shape index (κ2) is 13.3. The summed E-state index contributed by atoms with van der Waals surface area (Å²) >= 11 is 0. The number of allylic oxidation sites excluding steroid dienone is 3. The molecule has 7 nitrogen and oxygen atoms in total. The minimum absolute atomic E-state index is 0.0722. The van der Waals surface area contributed by atoms with Crippen molar-refractivity contribution in [1.82, 2.24) is 4.98 Å². The van der Waals surface area contributed by atoms with Gasteiger partial charge in [-0.15, -0.1) is 0 Å². The number of sulfonamides is 1. The molecule has 0 radical (unpaired) electrons. The maximum atomic E-state index is 11.0. The van der Waals surface area contributed by atoms with E-state index in [2.05, 4.69) is 4.98 Å². The predicted molar refractivity (Wildman–Crippen MR) is 125 cm³/mol. The number of rotatable bonds is 8. The molecule has 1 aromatic carbocycles. The zero-order valence-corrected chi connectivity index (χ0v) is 18.0. The van der Waals surface area contributed by atoms with Crippen molar-refractivity contribution in [2.75, 3.05) is 5.73 Å². The molecule has 2 rings (SSSR count). The number of nitrogens with two attached hydrogens (primary N) is 4. The molecule has 2 aromatic rings. The molecular weight excluding hydrogens is 398 g/mol. The Kier molecular flexibility index (Phi) is 11.1. The number of nitrogens with zero attached hydrogens (tertiary/aromatic N) is 1. The van der Waals surface area contributed by atoms with Crippen LogP contribution in [0.4, 0.5) is 5.69 Å². The smallest absolute Gasteiger partial charge is 0.239 e. The second-order valence-corrected chi connectivity index (χ2v) is 8.18. The van der Waals surface area contributed by atoms with Gasteiger partial charge in [0.1, 0.15) is 0 Å². The van der Waals surface area contributed by atoms with Crippen LogP contribution in [0.5, 0.6) is 0 Å². The van der Waals surface area contributed by atoms with Gasteiger partial charge in [-0.1, -0.05) is 48.6 Å². The van der Waals surface area contributed by atoms with Crippen LogP contribution in [0.25, 0.3) is 11.3 Å². The summed E-state index contributed by atoms with van der Waals surface area (Å²) in [5.74, 6) is 0. The summed E-state index contributed by atoms with van der Waals surface area (Å²) in [4.78, 5) is 4.15. The highest BCUT2D eigenvalue weighted by Crippen LogP contribution is 2.16. The molecule has 0 amide bonds. The quantitative estimate of drug-likeness (QED) is 0.287. The first-order valence-corrected chi connectivity index (χ1v) is 11.1. The Bertz CT molecular complexity index is 935. The van der Waals surface area contributed by atoms with E-state index < -0.39 is 10.0 Å². The van der Waals surface area contributed by atoms with E-state index in [1.54, 1.807) is 12.3 Å². The summed E-state index contributed by atoms with van der Waals surface area (Å²) in [5, 5.41) is 4.93. The number of unbranched alkanes of at least 4 members (excludes halogenated alkanes) is 1. The number of nitrogen functional groups attached to an aromatic ring is 1. The highest BCUT2D eigenvalue weighted by atomic mass is 32.2. The molecule has 162 valence electrons. The first-order chi connectivity index (χ1) is 14.2. The third-order valence-electron chi connectivity index (χ3n) is 3.81. The summed E-state index contributed by atoms with van der Waals surface area (Å²) in [6.07, 6.45) is 12.2. The highest BCUT2D eigenvalue weighted by molar-refractivity contribution is 7.93. The van der Waals surface area contributed by atoms with E-state index in [-0.39, 0.29) is 10.9 Å². The Morgan fingerprint density at radius 1 is 1.07 bits per heavy atom. The van der Waals surface area contributed by atoms with E-state index in [4.69, 9.17) is 22.3 Å². The van der Waals surface area contributed by atoms with Gasteiger partial charge in [-0.25, -0.2) is 13.6 Å². The van der Waals surface area contributed by atoms with Crippen molar-refractivity contribution < 1.29 is 8.42 Å². The molecule has 0 aliphatic carbocycles. The van der Waals surface area contributed by atoms with Crippen LogP contribution in [0.15, 0.2) is 84.1 Å². The van der Waals surface area contributed by atoms with Gasteiger partial charge in [-0.3, -0.25) is 4.98 Å². The molecule has 1 atom stereocenters. The monoisotopic (exact) mass is 429 g/mol. The summed E-state index contributed by atoms with van der Waals surface area (Å²) in [7, 11) is -3.71. The number of anilines is 1. The van der Waals surface area contributed by atoms with Crippen LogP contribution in [-0.2, 0) is 10.0 Å². The van der Waals surface area contributed by atoms with Gasteiger partial charge in [0, 0.05) is 17.8 Å². The normalized spacial score (nSPS) is 13.2. The van der Waals surface area contributed by atoms with Crippen LogP contribution >= 0.6 is 0 Å². The van der Waals surface area contributed by atoms with E-state index in [0.717, 1.165) is 36.7 Å². The SMILES string of the molecule is C[C@@H](N)C/C=C/CC/C=C/C(=C\N)S(N)(=O)=O.Nc1ccc(-c2ccccc2)nc1. The van der Waals surface area contributed by atoms with E-state index in [9.17, 15) is 8.42 Å². The zero-order chi connectivity index (χ0) is 22.4. The molecule has 0 aliphatic heterocycles. The Morgan fingerprint density at radius 3 is 2.27 bits per heavy atom. The average Bonchev–Trinajstić information content (AvgIpc) is 2.70. The van der Waals surface area contributed by atoms with Crippen LogP contribution in [0.3, 0.4) is 0 Å². The second-order valence-electron chi connectivity index (χ2n) is 6.62. The Balaban J connectivity index is 0.000000308. The average molecular weight is 430 g/mol. The Hall–Kier alpha value is -2.94. The highest BCUT2D eigenvalue weighted by Gasteiger charge is 2.06. The standard InChI is InChI=1S/C11H21N3O2S.C11H10N2/c1-10(13)7-5-3-2-4-6-8-11(9-12)17(14,15)16;12-10-6-7-11(13-8-10)9-4-2-1-3-5-9/h3,5-6,8-10H,2,4,7,12-13H2,1H3,(H2,14,15,16);1-8H,12H2/b5-3+,8-6+,11-9+;/t10-;/m1./s1. The number of benzene rings is 1. The molecule has 8 heteroatoms. The van der Waals surface area contributed by atoms with Crippen molar-refractivity contribution in [1.29, 1.82) is 0 Å². The van der Waals surface area contributed by atoms with Crippen molar-refractivity contribution >= 4 is 15.7 Å². The van der Waals surface area contributed by atoms with E-state index in [1.807, 2.05) is 61.5 Å². The maximum absolute atomic E-state index is 11.0. The summed E-state index contributed by atoms with van der Waals surface area (Å²) < 4.78 is 21.9. The fourth-order valence-electron chi connectivity index (χ4n) is 2.25. The van der Waals surface area contributed by atoms with Gasteiger partial charge in [-0.2, -0.15) is 0 Å². The van der Waals surface area contributed by atoms with Crippen LogP contribution in [0, 0.1) is 0 Å². The topological polar surface area (TPSA) is 151 Å². The molecule has 0 saturated heterocycles. The van der Waals surface area contributed by atoms with Crippen molar-refractivity contribution in [3.05, 3.63) is 84.1 Å². The molecule has 8 N–H and O–H groups in total. The first kappa shape index (κ1) is 25.1. The van der Waals surface area contributed by atoms with E-state index in [0.29, 0.717) is 5.69 Å². The lowest BCUT2D eigenvalue weighted by Crippen LogP contribution is -2.14. The maximum Gasteiger partial charge on any atom is 0.239 e. The summed E-state index contributed by atoms with van der Waals surface area (Å²) in [5.41, 5.74) is 19.0.